The summed E-state index contributed by atoms with van der Waals surface area (Å²) in [6, 6.07) is 0. The van der Waals surface area contributed by atoms with Gasteiger partial charge in [-0.15, -0.1) is 0 Å². The first-order chi connectivity index (χ1) is 4.02. The molecule has 1 aliphatic rings. The number of rotatable bonds is 2. The molecule has 0 heterocycles. The van der Waals surface area contributed by atoms with Gasteiger partial charge in [0.25, 0.3) is 5.92 Å². The van der Waals surface area contributed by atoms with Crippen LogP contribution in [0.1, 0.15) is 6.42 Å². The number of halogens is 2. The molecule has 2 nitrogen and oxygen atoms in total. The van der Waals surface area contributed by atoms with Crippen LogP contribution in [0.2, 0.25) is 0 Å². The van der Waals surface area contributed by atoms with Crippen molar-refractivity contribution in [3.05, 3.63) is 0 Å². The Bertz CT molecular complexity index is 179. The molecule has 54 valence electrons. The Hall–Kier alpha value is -0.190. The molecule has 0 aliphatic heterocycles. The van der Waals surface area contributed by atoms with Crippen LogP contribution >= 0.6 is 0 Å². The molecule has 0 aromatic heterocycles. The van der Waals surface area contributed by atoms with Gasteiger partial charge in [-0.1, -0.05) is 0 Å². The topological polar surface area (TPSA) is 34.1 Å². The average Bonchev–Trinajstić information content (AvgIpc) is 2.10. The van der Waals surface area contributed by atoms with Gasteiger partial charge in [0.05, 0.1) is 5.75 Å². The van der Waals surface area contributed by atoms with Gasteiger partial charge in [-0.05, 0) is 0 Å². The fourth-order valence-corrected chi connectivity index (χ4v) is 1.40. The molecular weight excluding hydrogens is 150 g/mol. The van der Waals surface area contributed by atoms with Gasteiger partial charge in [0.2, 0.25) is 0 Å². The molecule has 0 aromatic carbocycles. The molecule has 1 unspecified atom stereocenters. The fraction of sp³-hybridized carbons (Fsp3) is 1.00. The van der Waals surface area contributed by atoms with Gasteiger partial charge < -0.3 is 0 Å². The van der Waals surface area contributed by atoms with Crippen LogP contribution in [0.25, 0.3) is 0 Å². The molecule has 1 aliphatic carbocycles. The van der Waals surface area contributed by atoms with E-state index in [9.17, 15) is 17.2 Å². The minimum atomic E-state index is -2.69. The molecule has 1 rings (SSSR count). The number of thiol groups is 1. The van der Waals surface area contributed by atoms with Crippen molar-refractivity contribution >= 4 is 10.7 Å². The van der Waals surface area contributed by atoms with E-state index in [0.29, 0.717) is 0 Å². The van der Waals surface area contributed by atoms with Crippen LogP contribution in [-0.2, 0) is 10.7 Å². The second kappa shape index (κ2) is 1.90. The van der Waals surface area contributed by atoms with Crippen molar-refractivity contribution in [3.8, 4) is 0 Å². The average molecular weight is 156 g/mol. The summed E-state index contributed by atoms with van der Waals surface area (Å²) >= 11 is 0. The molecule has 0 aromatic rings. The molecule has 1 atom stereocenters. The molecule has 5 heteroatoms. The van der Waals surface area contributed by atoms with Crippen molar-refractivity contribution in [1.82, 2.24) is 0 Å². The molecule has 9 heavy (non-hydrogen) atoms. The lowest BCUT2D eigenvalue weighted by atomic mass is 10.5. The van der Waals surface area contributed by atoms with Crippen molar-refractivity contribution < 1.29 is 17.2 Å². The Balaban J connectivity index is 2.36. The summed E-state index contributed by atoms with van der Waals surface area (Å²) < 4.78 is 43.5. The monoisotopic (exact) mass is 156 g/mol. The van der Waals surface area contributed by atoms with Gasteiger partial charge in [0.15, 0.2) is 0 Å². The normalized spacial score (nSPS) is 30.8. The zero-order valence-corrected chi connectivity index (χ0v) is 5.41. The van der Waals surface area contributed by atoms with E-state index >= 15 is 0 Å². The van der Waals surface area contributed by atoms with Crippen LogP contribution in [0.15, 0.2) is 0 Å². The van der Waals surface area contributed by atoms with Crippen LogP contribution in [0.4, 0.5) is 8.78 Å². The SMILES string of the molecule is O=[SH](=O)CC1CC1(F)F. The number of hydrogen-bond donors (Lipinski definition) is 1. The number of alkyl halides is 2. The summed E-state index contributed by atoms with van der Waals surface area (Å²) in [5.41, 5.74) is 0. The maximum Gasteiger partial charge on any atom is 0.252 e. The first kappa shape index (κ1) is 6.92. The zero-order chi connectivity index (χ0) is 7.07. The summed E-state index contributed by atoms with van der Waals surface area (Å²) in [7, 11) is -2.62. The largest absolute Gasteiger partial charge is 0.252 e. The Morgan fingerprint density at radius 1 is 1.56 bits per heavy atom. The van der Waals surface area contributed by atoms with E-state index < -0.39 is 22.5 Å². The molecule has 0 spiro atoms. The van der Waals surface area contributed by atoms with Gasteiger partial charge in [-0.2, -0.15) is 0 Å². The highest BCUT2D eigenvalue weighted by Crippen LogP contribution is 2.48. The molecule has 0 amide bonds. The van der Waals surface area contributed by atoms with Crippen LogP contribution in [0, 0.1) is 5.92 Å². The second-order valence-corrected chi connectivity index (χ2v) is 3.21. The van der Waals surface area contributed by atoms with E-state index in [1.165, 1.54) is 0 Å². The predicted molar refractivity (Wildman–Crippen MR) is 28.2 cm³/mol. The van der Waals surface area contributed by atoms with Crippen molar-refractivity contribution in [2.24, 2.45) is 5.92 Å². The first-order valence-corrected chi connectivity index (χ1v) is 3.88. The van der Waals surface area contributed by atoms with Crippen molar-refractivity contribution in [2.45, 2.75) is 12.3 Å². The minimum absolute atomic E-state index is 0.254. The molecular formula is C4H6F2O2S. The lowest BCUT2D eigenvalue weighted by Gasteiger charge is -1.87. The third-order valence-corrected chi connectivity index (χ3v) is 2.06. The highest BCUT2D eigenvalue weighted by molar-refractivity contribution is 7.72. The van der Waals surface area contributed by atoms with Gasteiger partial charge >= 0.3 is 0 Å². The summed E-state index contributed by atoms with van der Waals surface area (Å²) in [5, 5.41) is 0. The highest BCUT2D eigenvalue weighted by atomic mass is 32.2. The third-order valence-electron chi connectivity index (χ3n) is 1.33. The van der Waals surface area contributed by atoms with E-state index in [0.717, 1.165) is 0 Å². The van der Waals surface area contributed by atoms with Gasteiger partial charge in [0, 0.05) is 12.3 Å². The molecule has 1 saturated carbocycles. The van der Waals surface area contributed by atoms with Crippen molar-refractivity contribution in [2.75, 3.05) is 5.75 Å². The van der Waals surface area contributed by atoms with Crippen LogP contribution in [0.3, 0.4) is 0 Å². The van der Waals surface area contributed by atoms with Gasteiger partial charge in [0.1, 0.15) is 10.7 Å². The second-order valence-electron chi connectivity index (χ2n) is 2.18. The molecule has 0 saturated heterocycles. The first-order valence-electron chi connectivity index (χ1n) is 2.52. The standard InChI is InChI=1S/C4H6F2O2S/c5-4(6)1-3(4)2-9(7)8/h3,9H,1-2H2. The summed E-state index contributed by atoms with van der Waals surface area (Å²) in [5.74, 6) is -3.93. The van der Waals surface area contributed by atoms with Crippen LogP contribution in [-0.4, -0.2) is 20.1 Å². The quantitative estimate of drug-likeness (QED) is 0.581. The van der Waals surface area contributed by atoms with Crippen molar-refractivity contribution in [1.29, 1.82) is 0 Å². The fourth-order valence-electron chi connectivity index (χ4n) is 0.648. The predicted octanol–water partition coefficient (Wildman–Crippen LogP) is 0.253. The van der Waals surface area contributed by atoms with E-state index in [2.05, 4.69) is 0 Å². The van der Waals surface area contributed by atoms with Gasteiger partial charge in [-0.25, -0.2) is 17.2 Å². The van der Waals surface area contributed by atoms with Crippen LogP contribution < -0.4 is 0 Å². The van der Waals surface area contributed by atoms with E-state index in [-0.39, 0.29) is 12.2 Å². The summed E-state index contributed by atoms with van der Waals surface area (Å²) in [6.45, 7) is 0. The zero-order valence-electron chi connectivity index (χ0n) is 4.51. The minimum Gasteiger partial charge on any atom is -0.232 e. The maximum absolute atomic E-state index is 11.9. The lowest BCUT2D eigenvalue weighted by molar-refractivity contribution is 0.103. The van der Waals surface area contributed by atoms with Crippen molar-refractivity contribution in [3.63, 3.8) is 0 Å². The Morgan fingerprint density at radius 2 is 2.00 bits per heavy atom. The van der Waals surface area contributed by atoms with E-state index in [4.69, 9.17) is 0 Å². The smallest absolute Gasteiger partial charge is 0.232 e. The summed E-state index contributed by atoms with van der Waals surface area (Å²) in [4.78, 5) is 0. The summed E-state index contributed by atoms with van der Waals surface area (Å²) in [6.07, 6.45) is -0.254. The van der Waals surface area contributed by atoms with E-state index in [1.54, 1.807) is 0 Å². The molecule has 0 radical (unpaired) electrons. The molecule has 0 N–H and O–H groups in total. The maximum atomic E-state index is 11.9. The Kier molecular flexibility index (Phi) is 1.46. The van der Waals surface area contributed by atoms with E-state index in [1.807, 2.05) is 0 Å². The number of hydrogen-bond acceptors (Lipinski definition) is 2. The molecule has 0 bridgehead atoms. The molecule has 1 fully saturated rings. The lowest BCUT2D eigenvalue weighted by Crippen LogP contribution is -1.99. The van der Waals surface area contributed by atoms with Gasteiger partial charge in [-0.3, -0.25) is 0 Å². The van der Waals surface area contributed by atoms with Crippen LogP contribution in [0.5, 0.6) is 0 Å². The third kappa shape index (κ3) is 1.61. The Morgan fingerprint density at radius 3 is 2.11 bits per heavy atom. The Labute approximate surface area is 52.8 Å². The highest BCUT2D eigenvalue weighted by Gasteiger charge is 2.56.